The van der Waals surface area contributed by atoms with Gasteiger partial charge in [-0.05, 0) is 48.3 Å². The number of carbonyl (C=O) groups is 2. The van der Waals surface area contributed by atoms with Crippen molar-refractivity contribution in [2.75, 3.05) is 20.1 Å². The highest BCUT2D eigenvalue weighted by Gasteiger charge is 2.41. The van der Waals surface area contributed by atoms with E-state index in [1.807, 2.05) is 32.0 Å². The van der Waals surface area contributed by atoms with Crippen LogP contribution in [0.3, 0.4) is 0 Å². The number of nitrogens with one attached hydrogen (secondary N) is 1. The monoisotopic (exact) mass is 338 g/mol. The summed E-state index contributed by atoms with van der Waals surface area (Å²) in [7, 11) is 1.63. The van der Waals surface area contributed by atoms with Gasteiger partial charge in [0.25, 0.3) is 5.91 Å². The van der Waals surface area contributed by atoms with Gasteiger partial charge in [-0.15, -0.1) is 0 Å². The largest absolute Gasteiger partial charge is 0.359 e. The Morgan fingerprint density at radius 1 is 1.40 bits per heavy atom. The van der Waals surface area contributed by atoms with Gasteiger partial charge in [-0.3, -0.25) is 9.59 Å². The summed E-state index contributed by atoms with van der Waals surface area (Å²) in [6.45, 7) is 4.95. The molecule has 1 aliphatic heterocycles. The molecule has 0 aromatic heterocycles. The molecule has 1 N–H and O–H groups in total. The summed E-state index contributed by atoms with van der Waals surface area (Å²) in [5.74, 6) is -0.0238. The maximum Gasteiger partial charge on any atom is 0.255 e. The first-order valence-corrected chi connectivity index (χ1v) is 7.44. The van der Waals surface area contributed by atoms with E-state index in [0.717, 1.165) is 10.0 Å². The first-order chi connectivity index (χ1) is 9.37. The Balaban J connectivity index is 2.20. The average molecular weight is 339 g/mol. The van der Waals surface area contributed by atoms with E-state index < -0.39 is 5.41 Å². The van der Waals surface area contributed by atoms with Crippen LogP contribution in [0.1, 0.15) is 29.3 Å². The minimum atomic E-state index is -0.485. The highest BCUT2D eigenvalue weighted by Crippen LogP contribution is 2.32. The molecule has 0 bridgehead atoms. The fraction of sp³-hybridized carbons (Fsp3) is 0.467. The van der Waals surface area contributed by atoms with E-state index in [1.165, 1.54) is 0 Å². The van der Waals surface area contributed by atoms with Crippen LogP contribution >= 0.6 is 15.9 Å². The van der Waals surface area contributed by atoms with Crippen LogP contribution in [0.2, 0.25) is 0 Å². The Labute approximate surface area is 127 Å². The SMILES string of the molecule is CNC(=O)C1(C)CCN(C(=O)c2cc(C)ccc2Br)C1. The lowest BCUT2D eigenvalue weighted by Gasteiger charge is -2.23. The maximum atomic E-state index is 12.6. The molecule has 108 valence electrons. The van der Waals surface area contributed by atoms with Crippen LogP contribution < -0.4 is 5.32 Å². The number of carbonyl (C=O) groups excluding carboxylic acids is 2. The molecule has 1 aromatic rings. The van der Waals surface area contributed by atoms with E-state index in [0.29, 0.717) is 25.1 Å². The molecular weight excluding hydrogens is 320 g/mol. The molecular formula is C15H19BrN2O2. The second-order valence-corrected chi connectivity index (χ2v) is 6.45. The van der Waals surface area contributed by atoms with Gasteiger partial charge in [-0.1, -0.05) is 11.6 Å². The summed E-state index contributed by atoms with van der Waals surface area (Å²) in [6.07, 6.45) is 0.696. The zero-order chi connectivity index (χ0) is 14.9. The molecule has 0 aliphatic carbocycles. The van der Waals surface area contributed by atoms with Crippen molar-refractivity contribution in [3.8, 4) is 0 Å². The second kappa shape index (κ2) is 5.56. The standard InChI is InChI=1S/C15H19BrN2O2/c1-10-4-5-12(16)11(8-10)13(19)18-7-6-15(2,9-18)14(20)17-3/h4-5,8H,6-7,9H2,1-3H3,(H,17,20). The van der Waals surface area contributed by atoms with Crippen LogP contribution in [0.5, 0.6) is 0 Å². The van der Waals surface area contributed by atoms with E-state index >= 15 is 0 Å². The predicted molar refractivity (Wildman–Crippen MR) is 81.6 cm³/mol. The van der Waals surface area contributed by atoms with E-state index in [1.54, 1.807) is 11.9 Å². The quantitative estimate of drug-likeness (QED) is 0.899. The molecule has 1 saturated heterocycles. The first kappa shape index (κ1) is 15.0. The topological polar surface area (TPSA) is 49.4 Å². The Kier molecular flexibility index (Phi) is 4.18. The Morgan fingerprint density at radius 3 is 2.75 bits per heavy atom. The maximum absolute atomic E-state index is 12.6. The van der Waals surface area contributed by atoms with Gasteiger partial charge in [0, 0.05) is 24.6 Å². The normalized spacial score (nSPS) is 21.9. The number of benzene rings is 1. The van der Waals surface area contributed by atoms with Crippen LogP contribution in [0.4, 0.5) is 0 Å². The number of amides is 2. The third kappa shape index (κ3) is 2.73. The lowest BCUT2D eigenvalue weighted by molar-refractivity contribution is -0.128. The minimum absolute atomic E-state index is 0.00360. The van der Waals surface area contributed by atoms with Gasteiger partial charge in [0.2, 0.25) is 5.91 Å². The summed E-state index contributed by atoms with van der Waals surface area (Å²) >= 11 is 3.42. The molecule has 5 heteroatoms. The van der Waals surface area contributed by atoms with Gasteiger partial charge >= 0.3 is 0 Å². The molecule has 4 nitrogen and oxygen atoms in total. The van der Waals surface area contributed by atoms with Crippen molar-refractivity contribution in [1.82, 2.24) is 10.2 Å². The molecule has 1 heterocycles. The van der Waals surface area contributed by atoms with Crippen molar-refractivity contribution < 1.29 is 9.59 Å². The molecule has 1 atom stereocenters. The lowest BCUT2D eigenvalue weighted by atomic mass is 9.89. The van der Waals surface area contributed by atoms with Gasteiger partial charge in [0.05, 0.1) is 11.0 Å². The zero-order valence-corrected chi connectivity index (χ0v) is 13.6. The van der Waals surface area contributed by atoms with Crippen molar-refractivity contribution in [2.24, 2.45) is 5.41 Å². The van der Waals surface area contributed by atoms with Crippen molar-refractivity contribution in [3.05, 3.63) is 33.8 Å². The number of halogens is 1. The highest BCUT2D eigenvalue weighted by molar-refractivity contribution is 9.10. The average Bonchev–Trinajstić information content (AvgIpc) is 2.83. The summed E-state index contributed by atoms with van der Waals surface area (Å²) in [4.78, 5) is 26.2. The number of nitrogens with zero attached hydrogens (tertiary/aromatic N) is 1. The third-order valence-electron chi connectivity index (χ3n) is 3.89. The first-order valence-electron chi connectivity index (χ1n) is 6.65. The van der Waals surface area contributed by atoms with Gasteiger partial charge < -0.3 is 10.2 Å². The Bertz CT molecular complexity index is 559. The van der Waals surface area contributed by atoms with Crippen molar-refractivity contribution in [3.63, 3.8) is 0 Å². The molecule has 0 spiro atoms. The fourth-order valence-electron chi connectivity index (χ4n) is 2.59. The molecule has 1 aromatic carbocycles. The molecule has 1 aliphatic rings. The van der Waals surface area contributed by atoms with E-state index in [2.05, 4.69) is 21.2 Å². The third-order valence-corrected chi connectivity index (χ3v) is 4.58. The number of hydrogen-bond acceptors (Lipinski definition) is 2. The molecule has 20 heavy (non-hydrogen) atoms. The Morgan fingerprint density at radius 2 is 2.10 bits per heavy atom. The predicted octanol–water partition coefficient (Wildman–Crippen LogP) is 2.36. The smallest absolute Gasteiger partial charge is 0.255 e. The number of rotatable bonds is 2. The minimum Gasteiger partial charge on any atom is -0.359 e. The van der Waals surface area contributed by atoms with Gasteiger partial charge in [-0.25, -0.2) is 0 Å². The summed E-state index contributed by atoms with van der Waals surface area (Å²) in [5, 5.41) is 2.68. The van der Waals surface area contributed by atoms with Gasteiger partial charge in [-0.2, -0.15) is 0 Å². The summed E-state index contributed by atoms with van der Waals surface area (Å²) < 4.78 is 0.793. The molecule has 2 rings (SSSR count). The summed E-state index contributed by atoms with van der Waals surface area (Å²) in [6, 6.07) is 5.72. The molecule has 0 radical (unpaired) electrons. The van der Waals surface area contributed by atoms with Crippen molar-refractivity contribution >= 4 is 27.7 Å². The van der Waals surface area contributed by atoms with E-state index in [9.17, 15) is 9.59 Å². The number of hydrogen-bond donors (Lipinski definition) is 1. The number of aryl methyl sites for hydroxylation is 1. The Hall–Kier alpha value is -1.36. The lowest BCUT2D eigenvalue weighted by Crippen LogP contribution is -2.40. The van der Waals surface area contributed by atoms with Crippen LogP contribution in [0, 0.1) is 12.3 Å². The molecule has 1 fully saturated rings. The van der Waals surface area contributed by atoms with Gasteiger partial charge in [0.15, 0.2) is 0 Å². The molecule has 2 amide bonds. The van der Waals surface area contributed by atoms with Crippen LogP contribution in [0.15, 0.2) is 22.7 Å². The van der Waals surface area contributed by atoms with Crippen LogP contribution in [-0.4, -0.2) is 36.9 Å². The number of likely N-dealkylation sites (tertiary alicyclic amines) is 1. The van der Waals surface area contributed by atoms with E-state index in [4.69, 9.17) is 0 Å². The summed E-state index contributed by atoms with van der Waals surface area (Å²) in [5.41, 5.74) is 1.22. The molecule has 0 saturated carbocycles. The van der Waals surface area contributed by atoms with Gasteiger partial charge in [0.1, 0.15) is 0 Å². The zero-order valence-electron chi connectivity index (χ0n) is 12.0. The fourth-order valence-corrected chi connectivity index (χ4v) is 3.01. The van der Waals surface area contributed by atoms with Crippen molar-refractivity contribution in [2.45, 2.75) is 20.3 Å². The van der Waals surface area contributed by atoms with Crippen LogP contribution in [-0.2, 0) is 4.79 Å². The van der Waals surface area contributed by atoms with Crippen molar-refractivity contribution in [1.29, 1.82) is 0 Å². The van der Waals surface area contributed by atoms with E-state index in [-0.39, 0.29) is 11.8 Å². The second-order valence-electron chi connectivity index (χ2n) is 5.60. The highest BCUT2D eigenvalue weighted by atomic mass is 79.9. The molecule has 1 unspecified atom stereocenters. The van der Waals surface area contributed by atoms with Crippen LogP contribution in [0.25, 0.3) is 0 Å².